The zero-order valence-corrected chi connectivity index (χ0v) is 14.3. The molecule has 0 radical (unpaired) electrons. The number of hydrogen-bond donors (Lipinski definition) is 2. The molecule has 2 N–H and O–H groups in total. The first kappa shape index (κ1) is 17.2. The standard InChI is InChI=1S/C18H17N5O3/c1-25-13-9-7-12(8-10-13)20-16-11-19-23-18(22-16)21-15-6-4-3-5-14(15)17(24)26-2/h3-11H,1-2H3,(H2,20,21,22,23). The third-order valence-corrected chi connectivity index (χ3v) is 3.50. The van der Waals surface area contributed by atoms with Crippen molar-refractivity contribution in [3.05, 3.63) is 60.3 Å². The summed E-state index contributed by atoms with van der Waals surface area (Å²) in [6.07, 6.45) is 1.50. The van der Waals surface area contributed by atoms with Crippen LogP contribution < -0.4 is 15.4 Å². The highest BCUT2D eigenvalue weighted by Crippen LogP contribution is 2.21. The van der Waals surface area contributed by atoms with E-state index in [2.05, 4.69) is 25.8 Å². The number of benzene rings is 2. The van der Waals surface area contributed by atoms with Crippen molar-refractivity contribution in [3.63, 3.8) is 0 Å². The molecule has 0 aliphatic carbocycles. The second kappa shape index (κ2) is 7.93. The van der Waals surface area contributed by atoms with E-state index in [1.807, 2.05) is 24.3 Å². The Morgan fingerprint density at radius 3 is 2.50 bits per heavy atom. The summed E-state index contributed by atoms with van der Waals surface area (Å²) in [7, 11) is 2.94. The fraction of sp³-hybridized carbons (Fsp3) is 0.111. The maximum Gasteiger partial charge on any atom is 0.339 e. The van der Waals surface area contributed by atoms with Gasteiger partial charge in [-0.2, -0.15) is 10.1 Å². The number of ether oxygens (including phenoxy) is 2. The Kier molecular flexibility index (Phi) is 5.23. The minimum Gasteiger partial charge on any atom is -0.497 e. The van der Waals surface area contributed by atoms with E-state index in [4.69, 9.17) is 9.47 Å². The smallest absolute Gasteiger partial charge is 0.339 e. The van der Waals surface area contributed by atoms with Crippen molar-refractivity contribution in [2.75, 3.05) is 24.9 Å². The van der Waals surface area contributed by atoms with E-state index in [1.54, 1.807) is 31.4 Å². The molecule has 0 spiro atoms. The van der Waals surface area contributed by atoms with Crippen molar-refractivity contribution in [1.29, 1.82) is 0 Å². The maximum absolute atomic E-state index is 11.8. The van der Waals surface area contributed by atoms with Crippen LogP contribution in [0.4, 0.5) is 23.1 Å². The van der Waals surface area contributed by atoms with Gasteiger partial charge in [0.25, 0.3) is 0 Å². The zero-order chi connectivity index (χ0) is 18.4. The predicted octanol–water partition coefficient (Wildman–Crippen LogP) is 3.15. The van der Waals surface area contributed by atoms with Gasteiger partial charge in [0.2, 0.25) is 5.95 Å². The third-order valence-electron chi connectivity index (χ3n) is 3.50. The average Bonchev–Trinajstić information content (AvgIpc) is 2.69. The Morgan fingerprint density at radius 2 is 1.77 bits per heavy atom. The van der Waals surface area contributed by atoms with Crippen LogP contribution in [-0.2, 0) is 4.74 Å². The molecular formula is C18H17N5O3. The molecule has 0 atom stereocenters. The van der Waals surface area contributed by atoms with Gasteiger partial charge in [-0.05, 0) is 36.4 Å². The summed E-state index contributed by atoms with van der Waals surface area (Å²) in [4.78, 5) is 16.2. The molecule has 2 aromatic carbocycles. The number of methoxy groups -OCH3 is 2. The molecule has 132 valence electrons. The number of carbonyl (C=O) groups excluding carboxylic acids is 1. The largest absolute Gasteiger partial charge is 0.497 e. The molecule has 3 aromatic rings. The highest BCUT2D eigenvalue weighted by Gasteiger charge is 2.12. The van der Waals surface area contributed by atoms with E-state index >= 15 is 0 Å². The molecule has 1 heterocycles. The molecule has 0 unspecified atom stereocenters. The Morgan fingerprint density at radius 1 is 1.00 bits per heavy atom. The number of aromatic nitrogens is 3. The van der Waals surface area contributed by atoms with E-state index in [0.717, 1.165) is 11.4 Å². The molecule has 26 heavy (non-hydrogen) atoms. The van der Waals surface area contributed by atoms with Gasteiger partial charge in [0.1, 0.15) is 5.75 Å². The summed E-state index contributed by atoms with van der Waals surface area (Å²) in [5.74, 6) is 1.06. The lowest BCUT2D eigenvalue weighted by Gasteiger charge is -2.10. The SMILES string of the molecule is COC(=O)c1ccccc1Nc1nncc(Nc2ccc(OC)cc2)n1. The molecule has 0 bridgehead atoms. The molecule has 0 aliphatic rings. The molecule has 1 aromatic heterocycles. The Balaban J connectivity index is 1.78. The highest BCUT2D eigenvalue weighted by molar-refractivity contribution is 5.96. The van der Waals surface area contributed by atoms with Crippen molar-refractivity contribution >= 4 is 29.1 Å². The Hall–Kier alpha value is -3.68. The number of nitrogens with one attached hydrogen (secondary N) is 2. The minimum atomic E-state index is -0.450. The van der Waals surface area contributed by atoms with Crippen LogP contribution in [0.2, 0.25) is 0 Å². The fourth-order valence-electron chi connectivity index (χ4n) is 2.24. The quantitative estimate of drug-likeness (QED) is 0.654. The lowest BCUT2D eigenvalue weighted by atomic mass is 10.2. The maximum atomic E-state index is 11.8. The van der Waals surface area contributed by atoms with Crippen LogP contribution in [-0.4, -0.2) is 35.4 Å². The first-order valence-electron chi connectivity index (χ1n) is 7.75. The Bertz CT molecular complexity index is 899. The average molecular weight is 351 g/mol. The first-order chi connectivity index (χ1) is 12.7. The van der Waals surface area contributed by atoms with Crippen LogP contribution in [0.15, 0.2) is 54.7 Å². The lowest BCUT2D eigenvalue weighted by molar-refractivity contribution is 0.0602. The van der Waals surface area contributed by atoms with Gasteiger partial charge in [-0.1, -0.05) is 12.1 Å². The number of rotatable bonds is 6. The summed E-state index contributed by atoms with van der Waals surface area (Å²) in [6, 6.07) is 14.3. The van der Waals surface area contributed by atoms with Crippen molar-refractivity contribution < 1.29 is 14.3 Å². The van der Waals surface area contributed by atoms with E-state index < -0.39 is 5.97 Å². The summed E-state index contributed by atoms with van der Waals surface area (Å²) < 4.78 is 9.91. The second-order valence-electron chi connectivity index (χ2n) is 5.18. The predicted molar refractivity (Wildman–Crippen MR) is 97.2 cm³/mol. The molecule has 0 amide bonds. The molecule has 3 rings (SSSR count). The first-order valence-corrected chi connectivity index (χ1v) is 7.75. The third kappa shape index (κ3) is 4.04. The van der Waals surface area contributed by atoms with Crippen LogP contribution in [0.1, 0.15) is 10.4 Å². The number of anilines is 4. The van der Waals surface area contributed by atoms with E-state index in [-0.39, 0.29) is 5.95 Å². The van der Waals surface area contributed by atoms with Crippen molar-refractivity contribution in [2.24, 2.45) is 0 Å². The summed E-state index contributed by atoms with van der Waals surface area (Å²) in [5, 5.41) is 14.0. The Labute approximate surface area is 150 Å². The van der Waals surface area contributed by atoms with Crippen molar-refractivity contribution in [1.82, 2.24) is 15.2 Å². The normalized spacial score (nSPS) is 10.1. The zero-order valence-electron chi connectivity index (χ0n) is 14.3. The van der Waals surface area contributed by atoms with Gasteiger partial charge in [-0.25, -0.2) is 4.79 Å². The second-order valence-corrected chi connectivity index (χ2v) is 5.18. The van der Waals surface area contributed by atoms with Gasteiger partial charge in [-0.3, -0.25) is 0 Å². The van der Waals surface area contributed by atoms with Crippen LogP contribution in [0.3, 0.4) is 0 Å². The molecule has 0 saturated carbocycles. The van der Waals surface area contributed by atoms with E-state index in [1.165, 1.54) is 13.3 Å². The molecule has 0 saturated heterocycles. The van der Waals surface area contributed by atoms with E-state index in [9.17, 15) is 4.79 Å². The topological polar surface area (TPSA) is 98.3 Å². The number of para-hydroxylation sites is 1. The van der Waals surface area contributed by atoms with Gasteiger partial charge in [0, 0.05) is 5.69 Å². The number of hydrogen-bond acceptors (Lipinski definition) is 8. The molecule has 8 nitrogen and oxygen atoms in total. The van der Waals surface area contributed by atoms with Gasteiger partial charge in [0.05, 0.1) is 31.7 Å². The fourth-order valence-corrected chi connectivity index (χ4v) is 2.24. The number of carbonyl (C=O) groups is 1. The lowest BCUT2D eigenvalue weighted by Crippen LogP contribution is -2.08. The van der Waals surface area contributed by atoms with Gasteiger partial charge in [0.15, 0.2) is 5.82 Å². The number of esters is 1. The minimum absolute atomic E-state index is 0.250. The molecule has 8 heteroatoms. The summed E-state index contributed by atoms with van der Waals surface area (Å²) in [5.41, 5.74) is 1.74. The van der Waals surface area contributed by atoms with Crippen LogP contribution >= 0.6 is 0 Å². The van der Waals surface area contributed by atoms with Crippen LogP contribution in [0, 0.1) is 0 Å². The van der Waals surface area contributed by atoms with Crippen molar-refractivity contribution in [3.8, 4) is 5.75 Å². The van der Waals surface area contributed by atoms with Crippen molar-refractivity contribution in [2.45, 2.75) is 0 Å². The highest BCUT2D eigenvalue weighted by atomic mass is 16.5. The van der Waals surface area contributed by atoms with Crippen LogP contribution in [0.25, 0.3) is 0 Å². The monoisotopic (exact) mass is 351 g/mol. The molecular weight excluding hydrogens is 334 g/mol. The van der Waals surface area contributed by atoms with Gasteiger partial charge >= 0.3 is 5.97 Å². The van der Waals surface area contributed by atoms with E-state index in [0.29, 0.717) is 17.1 Å². The summed E-state index contributed by atoms with van der Waals surface area (Å²) >= 11 is 0. The van der Waals surface area contributed by atoms with Crippen LogP contribution in [0.5, 0.6) is 5.75 Å². The molecule has 0 fully saturated rings. The molecule has 0 aliphatic heterocycles. The van der Waals surface area contributed by atoms with Gasteiger partial charge < -0.3 is 20.1 Å². The summed E-state index contributed by atoms with van der Waals surface area (Å²) in [6.45, 7) is 0. The number of nitrogens with zero attached hydrogens (tertiary/aromatic N) is 3. The van der Waals surface area contributed by atoms with Gasteiger partial charge in [-0.15, -0.1) is 5.10 Å².